The Morgan fingerprint density at radius 3 is 2.56 bits per heavy atom. The molecular weight excluding hydrogens is 236 g/mol. The van der Waals surface area contributed by atoms with Crippen molar-refractivity contribution in [3.05, 3.63) is 60.2 Å². The molecule has 5 heteroatoms. The van der Waals surface area contributed by atoms with E-state index in [1.165, 1.54) is 18.5 Å². The molecule has 0 amide bonds. The first-order valence-electron chi connectivity index (χ1n) is 5.57. The topological polar surface area (TPSA) is 37.8 Å². The lowest BCUT2D eigenvalue weighted by molar-refractivity contribution is -0.00349. The Hall–Kier alpha value is -1.88. The summed E-state index contributed by atoms with van der Waals surface area (Å²) < 4.78 is 27.5. The van der Waals surface area contributed by atoms with E-state index < -0.39 is 12.5 Å². The normalized spacial score (nSPS) is 11.4. The Labute approximate surface area is 104 Å². The lowest BCUT2D eigenvalue weighted by atomic mass is 10.1. The van der Waals surface area contributed by atoms with Gasteiger partial charge < -0.3 is 5.32 Å². The van der Waals surface area contributed by atoms with Crippen molar-refractivity contribution in [2.24, 2.45) is 0 Å². The maximum Gasteiger partial charge on any atom is 0.285 e. The van der Waals surface area contributed by atoms with Crippen molar-refractivity contribution < 1.29 is 8.78 Å². The molecule has 94 valence electrons. The number of nitrogens with zero attached hydrogens (tertiary/aromatic N) is 2. The van der Waals surface area contributed by atoms with Crippen LogP contribution in [0.3, 0.4) is 0 Å². The van der Waals surface area contributed by atoms with Crippen LogP contribution in [0, 0.1) is 0 Å². The third-order valence-electron chi connectivity index (χ3n) is 2.49. The van der Waals surface area contributed by atoms with E-state index in [1.807, 2.05) is 0 Å². The highest BCUT2D eigenvalue weighted by atomic mass is 19.3. The maximum atomic E-state index is 13.8. The van der Waals surface area contributed by atoms with Gasteiger partial charge in [0, 0.05) is 18.3 Å². The zero-order chi connectivity index (χ0) is 12.8. The summed E-state index contributed by atoms with van der Waals surface area (Å²) in [5.74, 6) is -2.88. The number of nitrogens with one attached hydrogen (secondary N) is 1. The molecule has 0 aliphatic rings. The number of rotatable bonds is 5. The summed E-state index contributed by atoms with van der Waals surface area (Å²) in [4.78, 5) is 7.72. The zero-order valence-electron chi connectivity index (χ0n) is 9.68. The van der Waals surface area contributed by atoms with Gasteiger partial charge in [-0.25, -0.2) is 9.97 Å². The quantitative estimate of drug-likeness (QED) is 0.884. The Bertz CT molecular complexity index is 474. The minimum atomic E-state index is -2.88. The van der Waals surface area contributed by atoms with Crippen molar-refractivity contribution in [3.63, 3.8) is 0 Å². The molecule has 0 saturated heterocycles. The molecule has 0 radical (unpaired) electrons. The molecule has 1 aromatic heterocycles. The highest BCUT2D eigenvalue weighted by Gasteiger charge is 2.30. The van der Waals surface area contributed by atoms with Crippen LogP contribution in [0.15, 0.2) is 48.9 Å². The first-order valence-corrected chi connectivity index (χ1v) is 5.57. The standard InChI is InChI=1S/C13H13F2N3/c14-13(15,11-4-2-1-3-5-11)9-17-8-12-6-7-16-10-18-12/h1-7,10,17H,8-9H2. The first-order chi connectivity index (χ1) is 8.68. The number of halogens is 2. The largest absolute Gasteiger partial charge is 0.305 e. The third kappa shape index (κ3) is 3.30. The lowest BCUT2D eigenvalue weighted by Gasteiger charge is -2.17. The predicted octanol–water partition coefficient (Wildman–Crippen LogP) is 2.36. The highest BCUT2D eigenvalue weighted by molar-refractivity contribution is 5.20. The van der Waals surface area contributed by atoms with Gasteiger partial charge in [0.15, 0.2) is 0 Å². The molecule has 0 spiro atoms. The van der Waals surface area contributed by atoms with Crippen LogP contribution in [0.5, 0.6) is 0 Å². The number of alkyl halides is 2. The predicted molar refractivity (Wildman–Crippen MR) is 64.1 cm³/mol. The number of aromatic nitrogens is 2. The van der Waals surface area contributed by atoms with Gasteiger partial charge in [-0.2, -0.15) is 8.78 Å². The molecule has 3 nitrogen and oxygen atoms in total. The summed E-state index contributed by atoms with van der Waals surface area (Å²) in [7, 11) is 0. The lowest BCUT2D eigenvalue weighted by Crippen LogP contribution is -2.30. The van der Waals surface area contributed by atoms with Gasteiger partial charge in [0.05, 0.1) is 12.2 Å². The van der Waals surface area contributed by atoms with Crippen molar-refractivity contribution in [2.45, 2.75) is 12.5 Å². The summed E-state index contributed by atoms with van der Waals surface area (Å²) >= 11 is 0. The Balaban J connectivity index is 1.90. The van der Waals surface area contributed by atoms with Crippen LogP contribution in [0.25, 0.3) is 0 Å². The summed E-state index contributed by atoms with van der Waals surface area (Å²) in [5, 5.41) is 2.70. The average Bonchev–Trinajstić information content (AvgIpc) is 2.41. The molecule has 2 rings (SSSR count). The molecule has 0 unspecified atom stereocenters. The third-order valence-corrected chi connectivity index (χ3v) is 2.49. The van der Waals surface area contributed by atoms with E-state index in [0.29, 0.717) is 12.2 Å². The smallest absolute Gasteiger partial charge is 0.285 e. The van der Waals surface area contributed by atoms with E-state index in [-0.39, 0.29) is 5.56 Å². The van der Waals surface area contributed by atoms with E-state index in [4.69, 9.17) is 0 Å². The Morgan fingerprint density at radius 2 is 1.89 bits per heavy atom. The molecule has 0 bridgehead atoms. The zero-order valence-corrected chi connectivity index (χ0v) is 9.68. The Kier molecular flexibility index (Phi) is 3.94. The van der Waals surface area contributed by atoms with Crippen molar-refractivity contribution in [1.82, 2.24) is 15.3 Å². The van der Waals surface area contributed by atoms with Crippen molar-refractivity contribution in [1.29, 1.82) is 0 Å². The van der Waals surface area contributed by atoms with Gasteiger partial charge >= 0.3 is 0 Å². The second-order valence-corrected chi connectivity index (χ2v) is 3.87. The highest BCUT2D eigenvalue weighted by Crippen LogP contribution is 2.26. The van der Waals surface area contributed by atoms with Crippen LogP contribution >= 0.6 is 0 Å². The van der Waals surface area contributed by atoms with E-state index in [2.05, 4.69) is 15.3 Å². The molecule has 2 aromatic rings. The molecule has 0 saturated carbocycles. The van der Waals surface area contributed by atoms with Crippen LogP contribution in [-0.4, -0.2) is 16.5 Å². The molecule has 0 fully saturated rings. The molecule has 0 aliphatic heterocycles. The maximum absolute atomic E-state index is 13.8. The van der Waals surface area contributed by atoms with Gasteiger partial charge in [-0.3, -0.25) is 0 Å². The van der Waals surface area contributed by atoms with Crippen LogP contribution in [0.2, 0.25) is 0 Å². The average molecular weight is 249 g/mol. The molecule has 1 heterocycles. The number of benzene rings is 1. The summed E-state index contributed by atoms with van der Waals surface area (Å²) in [6.07, 6.45) is 2.98. The van der Waals surface area contributed by atoms with Crippen LogP contribution in [0.1, 0.15) is 11.3 Å². The van der Waals surface area contributed by atoms with Crippen LogP contribution in [-0.2, 0) is 12.5 Å². The van der Waals surface area contributed by atoms with Gasteiger partial charge in [0.25, 0.3) is 5.92 Å². The molecule has 1 N–H and O–H groups in total. The van der Waals surface area contributed by atoms with Gasteiger partial charge in [-0.1, -0.05) is 30.3 Å². The summed E-state index contributed by atoms with van der Waals surface area (Å²) in [6, 6.07) is 9.46. The molecular formula is C13H13F2N3. The molecule has 1 aromatic carbocycles. The fourth-order valence-corrected chi connectivity index (χ4v) is 1.55. The van der Waals surface area contributed by atoms with Gasteiger partial charge in [-0.15, -0.1) is 0 Å². The number of hydrogen-bond donors (Lipinski definition) is 1. The van der Waals surface area contributed by atoms with Gasteiger partial charge in [-0.05, 0) is 6.07 Å². The second-order valence-electron chi connectivity index (χ2n) is 3.87. The van der Waals surface area contributed by atoms with E-state index in [0.717, 1.165) is 0 Å². The van der Waals surface area contributed by atoms with E-state index in [9.17, 15) is 8.78 Å². The monoisotopic (exact) mass is 249 g/mol. The summed E-state index contributed by atoms with van der Waals surface area (Å²) in [5.41, 5.74) is 0.703. The van der Waals surface area contributed by atoms with Crippen molar-refractivity contribution >= 4 is 0 Å². The summed E-state index contributed by atoms with van der Waals surface area (Å²) in [6.45, 7) is -0.119. The number of hydrogen-bond acceptors (Lipinski definition) is 3. The van der Waals surface area contributed by atoms with Crippen molar-refractivity contribution in [3.8, 4) is 0 Å². The van der Waals surface area contributed by atoms with E-state index in [1.54, 1.807) is 30.5 Å². The molecule has 18 heavy (non-hydrogen) atoms. The second kappa shape index (κ2) is 5.64. The Morgan fingerprint density at radius 1 is 1.11 bits per heavy atom. The van der Waals surface area contributed by atoms with Crippen molar-refractivity contribution in [2.75, 3.05) is 6.54 Å². The van der Waals surface area contributed by atoms with Gasteiger partial charge in [0.2, 0.25) is 0 Å². The fraction of sp³-hybridized carbons (Fsp3) is 0.231. The van der Waals surface area contributed by atoms with E-state index >= 15 is 0 Å². The SMILES string of the molecule is FC(F)(CNCc1ccncn1)c1ccccc1. The van der Waals surface area contributed by atoms with Crippen LogP contribution in [0.4, 0.5) is 8.78 Å². The fourth-order valence-electron chi connectivity index (χ4n) is 1.55. The minimum absolute atomic E-state index is 0.0141. The van der Waals surface area contributed by atoms with Gasteiger partial charge in [0.1, 0.15) is 6.33 Å². The first kappa shape index (κ1) is 12.6. The minimum Gasteiger partial charge on any atom is -0.305 e. The molecule has 0 atom stereocenters. The molecule has 0 aliphatic carbocycles. The van der Waals surface area contributed by atoms with Crippen LogP contribution < -0.4 is 5.32 Å².